The minimum atomic E-state index is -3.81. The van der Waals surface area contributed by atoms with Gasteiger partial charge in [-0.2, -0.15) is 8.78 Å². The van der Waals surface area contributed by atoms with Crippen molar-refractivity contribution < 1.29 is 28.2 Å². The number of benzene rings is 1. The molecule has 2 atom stereocenters. The van der Waals surface area contributed by atoms with Gasteiger partial charge < -0.3 is 14.6 Å². The summed E-state index contributed by atoms with van der Waals surface area (Å²) in [6.07, 6.45) is 15.2. The molecule has 3 aliphatic rings. The number of hydrogen-bond donors (Lipinski definition) is 2. The van der Waals surface area contributed by atoms with Gasteiger partial charge in [-0.25, -0.2) is 0 Å². The van der Waals surface area contributed by atoms with Gasteiger partial charge in [0.15, 0.2) is 5.78 Å². The van der Waals surface area contributed by atoms with Gasteiger partial charge in [-0.3, -0.25) is 10.5 Å². The number of rotatable bonds is 10. The van der Waals surface area contributed by atoms with Crippen LogP contribution in [0, 0.1) is 29.6 Å². The normalized spacial score (nSPS) is 30.7. The molecule has 1 saturated heterocycles. The second-order valence-electron chi connectivity index (χ2n) is 12.1. The maximum absolute atomic E-state index is 14.2. The third kappa shape index (κ3) is 7.07. The molecule has 4 rings (SSSR count). The fraction of sp³-hybridized carbons (Fsp3) is 0.774. The van der Waals surface area contributed by atoms with E-state index in [9.17, 15) is 18.7 Å². The first-order chi connectivity index (χ1) is 18.2. The van der Waals surface area contributed by atoms with Gasteiger partial charge in [-0.05, 0) is 112 Å². The Morgan fingerprint density at radius 3 is 2.13 bits per heavy atom. The lowest BCUT2D eigenvalue weighted by Gasteiger charge is -2.41. The zero-order chi connectivity index (χ0) is 27.3. The molecule has 1 aromatic rings. The first-order valence-electron chi connectivity index (χ1n) is 15.0. The molecule has 3 fully saturated rings. The zero-order valence-corrected chi connectivity index (χ0v) is 23.2. The van der Waals surface area contributed by atoms with Crippen molar-refractivity contribution in [2.45, 2.75) is 109 Å². The Morgan fingerprint density at radius 2 is 1.58 bits per heavy atom. The predicted octanol–water partition coefficient (Wildman–Crippen LogP) is 7.58. The molecule has 1 aromatic carbocycles. The monoisotopic (exact) mass is 535 g/mol. The number of carbonyl (C=O) groups is 1. The number of phenols is 1. The van der Waals surface area contributed by atoms with Gasteiger partial charge >= 0.3 is 6.05 Å². The van der Waals surface area contributed by atoms with E-state index in [1.165, 1.54) is 63.5 Å². The summed E-state index contributed by atoms with van der Waals surface area (Å²) in [5.41, 5.74) is 4.11. The molecule has 0 radical (unpaired) electrons. The van der Waals surface area contributed by atoms with E-state index >= 15 is 0 Å². The third-order valence-corrected chi connectivity index (χ3v) is 9.57. The Balaban J connectivity index is 1.23. The molecule has 5 nitrogen and oxygen atoms in total. The number of alkyl halides is 2. The van der Waals surface area contributed by atoms with Crippen LogP contribution in [0.4, 0.5) is 8.78 Å². The topological polar surface area (TPSA) is 81.8 Å². The SMILES string of the molecule is CCCC1CCC(C2CCC(C3CCC(COc4ccc(C(=O)CC)c(O)c4C(N)(F)F)CC3)CC2)OC1. The van der Waals surface area contributed by atoms with Crippen molar-refractivity contribution in [1.29, 1.82) is 0 Å². The summed E-state index contributed by atoms with van der Waals surface area (Å²) in [6, 6.07) is -1.12. The molecule has 214 valence electrons. The van der Waals surface area contributed by atoms with Gasteiger partial charge in [0.2, 0.25) is 0 Å². The summed E-state index contributed by atoms with van der Waals surface area (Å²) in [5, 5.41) is 10.4. The van der Waals surface area contributed by atoms with Crippen LogP contribution >= 0.6 is 0 Å². The maximum atomic E-state index is 14.2. The van der Waals surface area contributed by atoms with Crippen molar-refractivity contribution in [3.63, 3.8) is 0 Å². The molecule has 0 spiro atoms. The fourth-order valence-electron chi connectivity index (χ4n) is 7.29. The van der Waals surface area contributed by atoms with Gasteiger partial charge in [0.1, 0.15) is 17.1 Å². The van der Waals surface area contributed by atoms with E-state index < -0.39 is 23.1 Å². The minimum absolute atomic E-state index is 0.0993. The number of ketones is 1. The number of hydrogen-bond acceptors (Lipinski definition) is 5. The molecule has 0 bridgehead atoms. The lowest BCUT2D eigenvalue weighted by atomic mass is 9.68. The Kier molecular flexibility index (Phi) is 10.1. The first-order valence-corrected chi connectivity index (χ1v) is 15.0. The van der Waals surface area contributed by atoms with Gasteiger partial charge in [0, 0.05) is 13.0 Å². The highest BCUT2D eigenvalue weighted by molar-refractivity contribution is 5.99. The second-order valence-corrected chi connectivity index (χ2v) is 12.1. The summed E-state index contributed by atoms with van der Waals surface area (Å²) < 4.78 is 40.4. The van der Waals surface area contributed by atoms with E-state index in [1.807, 2.05) is 0 Å². The van der Waals surface area contributed by atoms with Crippen molar-refractivity contribution in [2.24, 2.45) is 35.3 Å². The molecule has 7 heteroatoms. The highest BCUT2D eigenvalue weighted by atomic mass is 19.3. The highest BCUT2D eigenvalue weighted by Gasteiger charge is 2.37. The molecular weight excluding hydrogens is 488 g/mol. The van der Waals surface area contributed by atoms with Crippen molar-refractivity contribution in [3.8, 4) is 11.5 Å². The summed E-state index contributed by atoms with van der Waals surface area (Å²) in [7, 11) is 0. The molecule has 2 unspecified atom stereocenters. The molecule has 0 amide bonds. The first kappa shape index (κ1) is 29.3. The number of ether oxygens (including phenoxy) is 2. The molecule has 1 aliphatic heterocycles. The van der Waals surface area contributed by atoms with Crippen LogP contribution < -0.4 is 10.5 Å². The Labute approximate surface area is 226 Å². The number of aromatic hydroxyl groups is 1. The van der Waals surface area contributed by atoms with Crippen molar-refractivity contribution >= 4 is 5.78 Å². The predicted molar refractivity (Wildman–Crippen MR) is 145 cm³/mol. The van der Waals surface area contributed by atoms with E-state index in [0.29, 0.717) is 12.7 Å². The lowest BCUT2D eigenvalue weighted by molar-refractivity contribution is -0.0619. The summed E-state index contributed by atoms with van der Waals surface area (Å²) >= 11 is 0. The summed E-state index contributed by atoms with van der Waals surface area (Å²) in [5.74, 6) is 1.96. The largest absolute Gasteiger partial charge is 0.506 e. The van der Waals surface area contributed by atoms with Gasteiger partial charge in [-0.1, -0.05) is 20.3 Å². The van der Waals surface area contributed by atoms with Gasteiger partial charge in [0.25, 0.3) is 0 Å². The van der Waals surface area contributed by atoms with Crippen molar-refractivity contribution in [2.75, 3.05) is 13.2 Å². The van der Waals surface area contributed by atoms with E-state index in [-0.39, 0.29) is 23.7 Å². The van der Waals surface area contributed by atoms with Crippen molar-refractivity contribution in [1.82, 2.24) is 0 Å². The fourth-order valence-corrected chi connectivity index (χ4v) is 7.29. The molecule has 2 saturated carbocycles. The average molecular weight is 536 g/mol. The Hall–Kier alpha value is -1.73. The van der Waals surface area contributed by atoms with Crippen LogP contribution in [-0.4, -0.2) is 30.2 Å². The van der Waals surface area contributed by atoms with Crippen LogP contribution in [-0.2, 0) is 10.8 Å². The van der Waals surface area contributed by atoms with E-state index in [2.05, 4.69) is 6.92 Å². The molecule has 38 heavy (non-hydrogen) atoms. The summed E-state index contributed by atoms with van der Waals surface area (Å²) in [6.45, 7) is 5.13. The summed E-state index contributed by atoms with van der Waals surface area (Å²) in [4.78, 5) is 12.0. The highest BCUT2D eigenvalue weighted by Crippen LogP contribution is 2.45. The van der Waals surface area contributed by atoms with Crippen LogP contribution in [0.1, 0.15) is 113 Å². The number of phenolic OH excluding ortho intramolecular Hbond substituents is 1. The van der Waals surface area contributed by atoms with Crippen LogP contribution in [0.3, 0.4) is 0 Å². The van der Waals surface area contributed by atoms with Gasteiger partial charge in [-0.15, -0.1) is 0 Å². The van der Waals surface area contributed by atoms with E-state index in [0.717, 1.165) is 56.0 Å². The molecule has 2 aliphatic carbocycles. The number of Topliss-reactive ketones (excluding diaryl/α,β-unsaturated/α-hetero) is 1. The van der Waals surface area contributed by atoms with Gasteiger partial charge in [0.05, 0.1) is 18.3 Å². The zero-order valence-electron chi connectivity index (χ0n) is 23.2. The number of nitrogens with two attached hydrogens (primary N) is 1. The maximum Gasteiger partial charge on any atom is 0.334 e. The smallest absolute Gasteiger partial charge is 0.334 e. The van der Waals surface area contributed by atoms with Crippen LogP contribution in [0.15, 0.2) is 12.1 Å². The molecule has 1 heterocycles. The van der Waals surface area contributed by atoms with Crippen LogP contribution in [0.2, 0.25) is 0 Å². The Bertz CT molecular complexity index is 909. The third-order valence-electron chi connectivity index (χ3n) is 9.57. The second kappa shape index (κ2) is 13.1. The molecular formula is C31H47F2NO4. The lowest BCUT2D eigenvalue weighted by Crippen LogP contribution is -2.35. The van der Waals surface area contributed by atoms with E-state index in [1.54, 1.807) is 6.92 Å². The minimum Gasteiger partial charge on any atom is -0.506 e. The van der Waals surface area contributed by atoms with E-state index in [4.69, 9.17) is 15.2 Å². The standard InChI is InChI=1S/C31H47F2NO4/c1-3-5-20-8-16-27(37-18-20)24-13-11-23(12-14-24)22-9-6-21(7-10-22)19-38-28-17-15-25(26(35)4-2)30(36)29(28)31(32,33)34/h15,17,20-24,27,36H,3-14,16,18-19,34H2,1-2H3. The quantitative estimate of drug-likeness (QED) is 0.238. The number of carbonyl (C=O) groups excluding carboxylic acids is 1. The molecule has 0 aromatic heterocycles. The average Bonchev–Trinajstić information content (AvgIpc) is 2.92. The van der Waals surface area contributed by atoms with Crippen LogP contribution in [0.5, 0.6) is 11.5 Å². The van der Waals surface area contributed by atoms with Crippen molar-refractivity contribution in [3.05, 3.63) is 23.3 Å². The number of halogens is 2. The molecule has 3 N–H and O–H groups in total. The van der Waals surface area contributed by atoms with Crippen LogP contribution in [0.25, 0.3) is 0 Å². The Morgan fingerprint density at radius 1 is 0.974 bits per heavy atom.